The molecule has 0 saturated carbocycles. The molecule has 1 aliphatic heterocycles. The topological polar surface area (TPSA) is 78.5 Å². The number of benzene rings is 1. The highest BCUT2D eigenvalue weighted by Crippen LogP contribution is 2.30. The average Bonchev–Trinajstić information content (AvgIpc) is 2.86. The van der Waals surface area contributed by atoms with Crippen molar-refractivity contribution in [1.82, 2.24) is 10.6 Å². The van der Waals surface area contributed by atoms with Gasteiger partial charge >= 0.3 is 0 Å². The summed E-state index contributed by atoms with van der Waals surface area (Å²) in [5.74, 6) is -0.119. The van der Waals surface area contributed by atoms with Crippen molar-refractivity contribution >= 4 is 34.0 Å². The van der Waals surface area contributed by atoms with Crippen molar-refractivity contribution in [3.05, 3.63) is 29.3 Å². The fourth-order valence-electron chi connectivity index (χ4n) is 2.43. The maximum Gasteiger partial charge on any atom is 0.251 e. The fraction of sp³-hybridized carbons (Fsp3) is 0.500. The summed E-state index contributed by atoms with van der Waals surface area (Å²) in [6.45, 7) is 1.92. The number of rotatable bonds is 6. The summed E-state index contributed by atoms with van der Waals surface area (Å²) in [5.41, 5.74) is 2.17. The summed E-state index contributed by atoms with van der Waals surface area (Å²) >= 11 is 0. The second-order valence-corrected chi connectivity index (χ2v) is 7.05. The molecule has 22 heavy (non-hydrogen) atoms. The molecule has 0 saturated heterocycles. The Balaban J connectivity index is 0.00000242. The van der Waals surface area contributed by atoms with Crippen molar-refractivity contribution in [2.75, 3.05) is 37.2 Å². The molecular weight excluding hydrogens is 326 g/mol. The Morgan fingerprint density at radius 1 is 1.32 bits per heavy atom. The van der Waals surface area contributed by atoms with Gasteiger partial charge in [0.05, 0.1) is 11.9 Å². The number of nitrogens with zero attached hydrogens (tertiary/aromatic N) is 1. The minimum absolute atomic E-state index is 0. The van der Waals surface area contributed by atoms with Gasteiger partial charge in [-0.15, -0.1) is 12.4 Å². The van der Waals surface area contributed by atoms with Gasteiger partial charge in [0.2, 0.25) is 10.0 Å². The lowest BCUT2D eigenvalue weighted by molar-refractivity contribution is 0.0953. The fourth-order valence-corrected chi connectivity index (χ4v) is 3.38. The van der Waals surface area contributed by atoms with E-state index in [4.69, 9.17) is 0 Å². The molecule has 124 valence electrons. The van der Waals surface area contributed by atoms with Crippen molar-refractivity contribution in [2.45, 2.75) is 12.8 Å². The van der Waals surface area contributed by atoms with Gasteiger partial charge in [0.25, 0.3) is 5.91 Å². The summed E-state index contributed by atoms with van der Waals surface area (Å²) in [7, 11) is -1.37. The molecule has 0 fully saturated rings. The zero-order valence-corrected chi connectivity index (χ0v) is 14.4. The molecule has 0 bridgehead atoms. The van der Waals surface area contributed by atoms with Gasteiger partial charge in [-0.3, -0.25) is 9.10 Å². The number of hydrogen-bond acceptors (Lipinski definition) is 4. The van der Waals surface area contributed by atoms with E-state index in [1.54, 1.807) is 18.2 Å². The first-order valence-corrected chi connectivity index (χ1v) is 8.82. The number of sulfonamides is 1. The lowest BCUT2D eigenvalue weighted by Crippen LogP contribution is -2.28. The van der Waals surface area contributed by atoms with E-state index in [-0.39, 0.29) is 18.3 Å². The van der Waals surface area contributed by atoms with Gasteiger partial charge in [0, 0.05) is 18.7 Å². The lowest BCUT2D eigenvalue weighted by atomic mass is 10.1. The van der Waals surface area contributed by atoms with Gasteiger partial charge in [-0.2, -0.15) is 0 Å². The molecule has 0 radical (unpaired) electrons. The molecule has 1 aliphatic rings. The summed E-state index contributed by atoms with van der Waals surface area (Å²) in [4.78, 5) is 12.0. The van der Waals surface area contributed by atoms with Crippen LogP contribution in [0.3, 0.4) is 0 Å². The number of nitrogens with one attached hydrogen (secondary N) is 2. The zero-order chi connectivity index (χ0) is 15.5. The van der Waals surface area contributed by atoms with Crippen LogP contribution >= 0.6 is 12.4 Å². The highest BCUT2D eigenvalue weighted by Gasteiger charge is 2.26. The Labute approximate surface area is 137 Å². The van der Waals surface area contributed by atoms with Gasteiger partial charge < -0.3 is 10.6 Å². The summed E-state index contributed by atoms with van der Waals surface area (Å²) in [5, 5.41) is 5.88. The van der Waals surface area contributed by atoms with E-state index in [1.165, 1.54) is 10.6 Å². The van der Waals surface area contributed by atoms with Crippen LogP contribution in [0.2, 0.25) is 0 Å². The summed E-state index contributed by atoms with van der Waals surface area (Å²) in [6.07, 6.45) is 2.71. The number of halogens is 1. The third kappa shape index (κ3) is 4.34. The molecule has 1 aromatic carbocycles. The Morgan fingerprint density at radius 2 is 2.05 bits per heavy atom. The molecule has 0 aliphatic carbocycles. The lowest BCUT2D eigenvalue weighted by Gasteiger charge is -2.16. The third-order valence-corrected chi connectivity index (χ3v) is 4.66. The smallest absolute Gasteiger partial charge is 0.251 e. The molecule has 0 spiro atoms. The Kier molecular flexibility index (Phi) is 6.65. The number of anilines is 1. The summed E-state index contributed by atoms with van der Waals surface area (Å²) in [6, 6.07) is 5.18. The van der Waals surface area contributed by atoms with Crippen LogP contribution in [-0.4, -0.2) is 47.3 Å². The largest absolute Gasteiger partial charge is 0.352 e. The van der Waals surface area contributed by atoms with Crippen LogP contribution in [0.5, 0.6) is 0 Å². The molecule has 1 aromatic rings. The van der Waals surface area contributed by atoms with Crippen molar-refractivity contribution < 1.29 is 13.2 Å². The van der Waals surface area contributed by atoms with Gasteiger partial charge in [-0.05, 0) is 50.2 Å². The maximum absolute atomic E-state index is 12.0. The number of carbonyl (C=O) groups excluding carboxylic acids is 1. The second kappa shape index (κ2) is 7.80. The standard InChI is InChI=1S/C14H21N3O3S.ClH/c1-15-7-3-8-16-14(18)12-4-5-13-11(10-12)6-9-17(13)21(2,19)20;/h4-5,10,15H,3,6-9H2,1-2H3,(H,16,18);1H. The molecule has 2 rings (SSSR count). The van der Waals surface area contributed by atoms with Crippen LogP contribution in [0.4, 0.5) is 5.69 Å². The van der Waals surface area contributed by atoms with Crippen LogP contribution in [0.15, 0.2) is 18.2 Å². The van der Waals surface area contributed by atoms with Crippen molar-refractivity contribution in [1.29, 1.82) is 0 Å². The van der Waals surface area contributed by atoms with Crippen LogP contribution in [0, 0.1) is 0 Å². The normalized spacial score (nSPS) is 13.5. The van der Waals surface area contributed by atoms with E-state index in [0.29, 0.717) is 30.8 Å². The highest BCUT2D eigenvalue weighted by molar-refractivity contribution is 7.92. The first-order valence-electron chi connectivity index (χ1n) is 6.97. The van der Waals surface area contributed by atoms with E-state index < -0.39 is 10.0 Å². The number of fused-ring (bicyclic) bond motifs is 1. The molecule has 2 N–H and O–H groups in total. The maximum atomic E-state index is 12.0. The van der Waals surface area contributed by atoms with Gasteiger partial charge in [-0.25, -0.2) is 8.42 Å². The van der Waals surface area contributed by atoms with E-state index in [1.807, 2.05) is 7.05 Å². The van der Waals surface area contributed by atoms with Crippen molar-refractivity contribution in [3.8, 4) is 0 Å². The van der Waals surface area contributed by atoms with Gasteiger partial charge in [-0.1, -0.05) is 0 Å². The zero-order valence-electron chi connectivity index (χ0n) is 12.8. The Hall–Kier alpha value is -1.31. The molecule has 1 amide bonds. The first-order chi connectivity index (χ1) is 9.93. The summed E-state index contributed by atoms with van der Waals surface area (Å²) < 4.78 is 24.7. The van der Waals surface area contributed by atoms with E-state index in [0.717, 1.165) is 18.5 Å². The number of carbonyl (C=O) groups is 1. The molecule has 1 heterocycles. The molecule has 0 unspecified atom stereocenters. The van der Waals surface area contributed by atoms with E-state index in [9.17, 15) is 13.2 Å². The van der Waals surface area contributed by atoms with Gasteiger partial charge in [0.15, 0.2) is 0 Å². The number of amides is 1. The van der Waals surface area contributed by atoms with Crippen molar-refractivity contribution in [3.63, 3.8) is 0 Å². The SMILES string of the molecule is CNCCCNC(=O)c1ccc2c(c1)CCN2S(C)(=O)=O.Cl. The Bertz CT molecular complexity index is 634. The average molecular weight is 348 g/mol. The number of hydrogen-bond donors (Lipinski definition) is 2. The minimum Gasteiger partial charge on any atom is -0.352 e. The van der Waals surface area contributed by atoms with E-state index >= 15 is 0 Å². The quantitative estimate of drug-likeness (QED) is 0.745. The minimum atomic E-state index is -3.24. The highest BCUT2D eigenvalue weighted by atomic mass is 35.5. The van der Waals surface area contributed by atoms with Crippen LogP contribution in [0.25, 0.3) is 0 Å². The molecular formula is C14H22ClN3O3S. The van der Waals surface area contributed by atoms with Gasteiger partial charge in [0.1, 0.15) is 0 Å². The molecule has 6 nitrogen and oxygen atoms in total. The second-order valence-electron chi connectivity index (χ2n) is 5.14. The third-order valence-electron chi connectivity index (χ3n) is 3.48. The van der Waals surface area contributed by atoms with E-state index in [2.05, 4.69) is 10.6 Å². The predicted octanol–water partition coefficient (Wildman–Crippen LogP) is 0.770. The predicted molar refractivity (Wildman–Crippen MR) is 90.5 cm³/mol. The monoisotopic (exact) mass is 347 g/mol. The molecule has 0 aromatic heterocycles. The molecule has 0 atom stereocenters. The first kappa shape index (κ1) is 18.7. The van der Waals surface area contributed by atoms with Crippen LogP contribution in [0.1, 0.15) is 22.3 Å². The molecule has 8 heteroatoms. The van der Waals surface area contributed by atoms with Crippen LogP contribution < -0.4 is 14.9 Å². The van der Waals surface area contributed by atoms with Crippen molar-refractivity contribution in [2.24, 2.45) is 0 Å². The Morgan fingerprint density at radius 3 is 2.68 bits per heavy atom. The van der Waals surface area contributed by atoms with Crippen LogP contribution in [-0.2, 0) is 16.4 Å².